The highest BCUT2D eigenvalue weighted by Crippen LogP contribution is 2.24. The van der Waals surface area contributed by atoms with Crippen LogP contribution in [-0.4, -0.2) is 51.1 Å². The molecule has 2 N–H and O–H groups in total. The number of methoxy groups -OCH3 is 1. The maximum atomic E-state index is 11.8. The van der Waals surface area contributed by atoms with Crippen LogP contribution < -0.4 is 15.4 Å². The van der Waals surface area contributed by atoms with E-state index in [0.717, 1.165) is 11.3 Å². The second-order valence-electron chi connectivity index (χ2n) is 6.26. The van der Waals surface area contributed by atoms with E-state index in [4.69, 9.17) is 4.74 Å². The molecule has 0 bridgehead atoms. The quantitative estimate of drug-likeness (QED) is 0.804. The minimum absolute atomic E-state index is 0.0103. The van der Waals surface area contributed by atoms with Crippen LogP contribution in [0.4, 0.5) is 4.79 Å². The third-order valence-electron chi connectivity index (χ3n) is 3.69. The Morgan fingerprint density at radius 1 is 1.13 bits per heavy atom. The van der Waals surface area contributed by atoms with E-state index in [1.54, 1.807) is 21.2 Å². The SMILES string of the molecule is COc1ccc(C(C)(C)CNC(=O)NCCC(=O)N(C)C)cc1. The lowest BCUT2D eigenvalue weighted by Gasteiger charge is -2.26. The molecule has 0 aromatic heterocycles. The van der Waals surface area contributed by atoms with Crippen molar-refractivity contribution >= 4 is 11.9 Å². The third-order valence-corrected chi connectivity index (χ3v) is 3.69. The Morgan fingerprint density at radius 2 is 1.74 bits per heavy atom. The lowest BCUT2D eigenvalue weighted by atomic mass is 9.84. The molecule has 0 aliphatic rings. The zero-order chi connectivity index (χ0) is 17.5. The molecule has 23 heavy (non-hydrogen) atoms. The summed E-state index contributed by atoms with van der Waals surface area (Å²) >= 11 is 0. The highest BCUT2D eigenvalue weighted by Gasteiger charge is 2.21. The normalized spacial score (nSPS) is 10.8. The van der Waals surface area contributed by atoms with Gasteiger partial charge in [0.2, 0.25) is 5.91 Å². The van der Waals surface area contributed by atoms with Crippen LogP contribution >= 0.6 is 0 Å². The first-order valence-corrected chi connectivity index (χ1v) is 7.62. The highest BCUT2D eigenvalue weighted by molar-refractivity contribution is 5.77. The molecule has 0 saturated heterocycles. The minimum Gasteiger partial charge on any atom is -0.497 e. The van der Waals surface area contributed by atoms with Crippen LogP contribution in [0.5, 0.6) is 5.75 Å². The van der Waals surface area contributed by atoms with Gasteiger partial charge < -0.3 is 20.3 Å². The summed E-state index contributed by atoms with van der Waals surface area (Å²) in [5.74, 6) is 0.796. The Hall–Kier alpha value is -2.24. The van der Waals surface area contributed by atoms with Gasteiger partial charge in [0.15, 0.2) is 0 Å². The second kappa shape index (κ2) is 8.41. The molecule has 1 aromatic rings. The molecular weight excluding hydrogens is 294 g/mol. The number of hydrogen-bond acceptors (Lipinski definition) is 3. The summed E-state index contributed by atoms with van der Waals surface area (Å²) in [5.41, 5.74) is 0.907. The fraction of sp³-hybridized carbons (Fsp3) is 0.529. The number of benzene rings is 1. The summed E-state index contributed by atoms with van der Waals surface area (Å²) in [6.45, 7) is 4.94. The van der Waals surface area contributed by atoms with Gasteiger partial charge in [0.1, 0.15) is 5.75 Å². The summed E-state index contributed by atoms with van der Waals surface area (Å²) in [7, 11) is 5.02. The van der Waals surface area contributed by atoms with Crippen LogP contribution in [0.25, 0.3) is 0 Å². The van der Waals surface area contributed by atoms with Crippen molar-refractivity contribution in [1.29, 1.82) is 0 Å². The molecule has 0 unspecified atom stereocenters. The van der Waals surface area contributed by atoms with Crippen molar-refractivity contribution in [3.05, 3.63) is 29.8 Å². The first-order valence-electron chi connectivity index (χ1n) is 7.62. The molecule has 1 rings (SSSR count). The standard InChI is InChI=1S/C17H27N3O3/c1-17(2,13-6-8-14(23-5)9-7-13)12-19-16(22)18-11-10-15(21)20(3)4/h6-9H,10-12H2,1-5H3,(H2,18,19,22). The summed E-state index contributed by atoms with van der Waals surface area (Å²) in [6, 6.07) is 7.54. The van der Waals surface area contributed by atoms with Crippen molar-refractivity contribution < 1.29 is 14.3 Å². The van der Waals surface area contributed by atoms with E-state index >= 15 is 0 Å². The molecule has 0 aliphatic heterocycles. The van der Waals surface area contributed by atoms with Crippen molar-refractivity contribution in [3.8, 4) is 5.75 Å². The third kappa shape index (κ3) is 6.18. The largest absolute Gasteiger partial charge is 0.497 e. The fourth-order valence-electron chi connectivity index (χ4n) is 2.01. The number of urea groups is 1. The molecule has 0 atom stereocenters. The molecule has 0 saturated carbocycles. The predicted octanol–water partition coefficient (Wildman–Crippen LogP) is 1.75. The maximum absolute atomic E-state index is 11.8. The molecular formula is C17H27N3O3. The molecule has 0 spiro atoms. The van der Waals surface area contributed by atoms with E-state index in [0.29, 0.717) is 19.5 Å². The van der Waals surface area contributed by atoms with Crippen LogP contribution in [-0.2, 0) is 10.2 Å². The van der Waals surface area contributed by atoms with Gasteiger partial charge in [-0.1, -0.05) is 26.0 Å². The molecule has 6 heteroatoms. The summed E-state index contributed by atoms with van der Waals surface area (Å²) in [6.07, 6.45) is 0.294. The van der Waals surface area contributed by atoms with Crippen LogP contribution in [0.1, 0.15) is 25.8 Å². The van der Waals surface area contributed by atoms with E-state index in [1.807, 2.05) is 24.3 Å². The number of amides is 3. The Kier molecular flexibility index (Phi) is 6.88. The monoisotopic (exact) mass is 321 g/mol. The van der Waals surface area contributed by atoms with E-state index in [-0.39, 0.29) is 17.4 Å². The van der Waals surface area contributed by atoms with Gasteiger partial charge in [0.25, 0.3) is 0 Å². The Bertz CT molecular complexity index is 524. The van der Waals surface area contributed by atoms with Gasteiger partial charge in [-0.25, -0.2) is 4.79 Å². The number of ether oxygens (including phenoxy) is 1. The molecule has 0 heterocycles. The van der Waals surface area contributed by atoms with E-state index in [2.05, 4.69) is 24.5 Å². The molecule has 0 aliphatic carbocycles. The maximum Gasteiger partial charge on any atom is 0.314 e. The Labute approximate surface area is 138 Å². The molecule has 0 fully saturated rings. The summed E-state index contributed by atoms with van der Waals surface area (Å²) in [5, 5.41) is 5.54. The van der Waals surface area contributed by atoms with Gasteiger partial charge in [0.05, 0.1) is 7.11 Å². The molecule has 1 aromatic carbocycles. The zero-order valence-electron chi connectivity index (χ0n) is 14.6. The van der Waals surface area contributed by atoms with Crippen LogP contribution in [0, 0.1) is 0 Å². The average molecular weight is 321 g/mol. The number of hydrogen-bond donors (Lipinski definition) is 2. The van der Waals surface area contributed by atoms with Crippen molar-refractivity contribution in [2.24, 2.45) is 0 Å². The minimum atomic E-state index is -0.266. The van der Waals surface area contributed by atoms with Crippen LogP contribution in [0.2, 0.25) is 0 Å². The lowest BCUT2D eigenvalue weighted by Crippen LogP contribution is -2.43. The van der Waals surface area contributed by atoms with E-state index in [9.17, 15) is 9.59 Å². The second-order valence-corrected chi connectivity index (χ2v) is 6.26. The van der Waals surface area contributed by atoms with Gasteiger partial charge in [-0.3, -0.25) is 4.79 Å². The van der Waals surface area contributed by atoms with Gasteiger partial charge in [-0.15, -0.1) is 0 Å². The van der Waals surface area contributed by atoms with E-state index < -0.39 is 0 Å². The number of carbonyl (C=O) groups is 2. The van der Waals surface area contributed by atoms with Gasteiger partial charge >= 0.3 is 6.03 Å². The van der Waals surface area contributed by atoms with Crippen molar-refractivity contribution in [2.75, 3.05) is 34.3 Å². The van der Waals surface area contributed by atoms with Crippen molar-refractivity contribution in [1.82, 2.24) is 15.5 Å². The average Bonchev–Trinajstić information content (AvgIpc) is 2.53. The number of carbonyl (C=O) groups excluding carboxylic acids is 2. The fourth-order valence-corrected chi connectivity index (χ4v) is 2.01. The molecule has 3 amide bonds. The smallest absolute Gasteiger partial charge is 0.314 e. The highest BCUT2D eigenvalue weighted by atomic mass is 16.5. The van der Waals surface area contributed by atoms with Gasteiger partial charge in [0, 0.05) is 39.0 Å². The first-order chi connectivity index (χ1) is 10.8. The van der Waals surface area contributed by atoms with Gasteiger partial charge in [-0.05, 0) is 17.7 Å². The Balaban J connectivity index is 2.42. The number of nitrogens with zero attached hydrogens (tertiary/aromatic N) is 1. The zero-order valence-corrected chi connectivity index (χ0v) is 14.6. The topological polar surface area (TPSA) is 70.7 Å². The Morgan fingerprint density at radius 3 is 2.26 bits per heavy atom. The predicted molar refractivity (Wildman–Crippen MR) is 90.7 cm³/mol. The van der Waals surface area contributed by atoms with E-state index in [1.165, 1.54) is 4.90 Å². The number of nitrogens with one attached hydrogen (secondary N) is 2. The molecule has 0 radical (unpaired) electrons. The van der Waals surface area contributed by atoms with Crippen LogP contribution in [0.15, 0.2) is 24.3 Å². The van der Waals surface area contributed by atoms with Crippen molar-refractivity contribution in [2.45, 2.75) is 25.7 Å². The number of rotatable bonds is 7. The molecule has 128 valence electrons. The molecule has 6 nitrogen and oxygen atoms in total. The van der Waals surface area contributed by atoms with Crippen molar-refractivity contribution in [3.63, 3.8) is 0 Å². The summed E-state index contributed by atoms with van der Waals surface area (Å²) in [4.78, 5) is 24.7. The lowest BCUT2D eigenvalue weighted by molar-refractivity contribution is -0.128. The van der Waals surface area contributed by atoms with Crippen LogP contribution in [0.3, 0.4) is 0 Å². The first kappa shape index (κ1) is 18.8. The summed E-state index contributed by atoms with van der Waals surface area (Å²) < 4.78 is 5.15. The van der Waals surface area contributed by atoms with Gasteiger partial charge in [-0.2, -0.15) is 0 Å².